The van der Waals surface area contributed by atoms with E-state index in [1.54, 1.807) is 18.5 Å². The van der Waals surface area contributed by atoms with Gasteiger partial charge in [0.25, 0.3) is 0 Å². The molecule has 0 bridgehead atoms. The van der Waals surface area contributed by atoms with Crippen LogP contribution in [0.5, 0.6) is 0 Å². The molecule has 26 heavy (non-hydrogen) atoms. The first-order valence-electron chi connectivity index (χ1n) is 8.57. The molecule has 3 aromatic rings. The van der Waals surface area contributed by atoms with Crippen molar-refractivity contribution < 1.29 is 4.39 Å². The van der Waals surface area contributed by atoms with Gasteiger partial charge in [0.05, 0.1) is 0 Å². The Bertz CT molecular complexity index is 903. The van der Waals surface area contributed by atoms with Gasteiger partial charge in [-0.25, -0.2) is 14.4 Å². The van der Waals surface area contributed by atoms with Crippen molar-refractivity contribution in [2.75, 3.05) is 0 Å². The SMILES string of the molecule is CC(C)(c1ccc(C(C)(C)c2ncccn2)cc1)c1ccc(F)c(I)c1. The van der Waals surface area contributed by atoms with Crippen LogP contribution in [0.1, 0.15) is 50.2 Å². The van der Waals surface area contributed by atoms with E-state index < -0.39 is 0 Å². The van der Waals surface area contributed by atoms with Gasteiger partial charge >= 0.3 is 0 Å². The molecule has 0 saturated carbocycles. The van der Waals surface area contributed by atoms with Gasteiger partial charge in [0.15, 0.2) is 0 Å². The Labute approximate surface area is 168 Å². The van der Waals surface area contributed by atoms with Crippen LogP contribution in [-0.4, -0.2) is 9.97 Å². The van der Waals surface area contributed by atoms with Crippen molar-refractivity contribution in [1.82, 2.24) is 9.97 Å². The van der Waals surface area contributed by atoms with Gasteiger partial charge in [-0.1, -0.05) is 44.2 Å². The fourth-order valence-electron chi connectivity index (χ4n) is 3.11. The van der Waals surface area contributed by atoms with Crippen molar-refractivity contribution in [3.63, 3.8) is 0 Å². The number of aromatic nitrogens is 2. The maximum absolute atomic E-state index is 13.6. The van der Waals surface area contributed by atoms with Crippen molar-refractivity contribution in [2.45, 2.75) is 38.5 Å². The van der Waals surface area contributed by atoms with Gasteiger partial charge in [-0.2, -0.15) is 0 Å². The van der Waals surface area contributed by atoms with E-state index in [9.17, 15) is 4.39 Å². The highest BCUT2D eigenvalue weighted by Gasteiger charge is 2.28. The highest BCUT2D eigenvalue weighted by atomic mass is 127. The van der Waals surface area contributed by atoms with E-state index in [1.165, 1.54) is 5.56 Å². The van der Waals surface area contributed by atoms with E-state index in [0.717, 1.165) is 17.0 Å². The molecule has 1 heterocycles. The Morgan fingerprint density at radius 2 is 1.27 bits per heavy atom. The zero-order valence-electron chi connectivity index (χ0n) is 15.4. The van der Waals surface area contributed by atoms with E-state index in [4.69, 9.17) is 0 Å². The molecule has 0 atom stereocenters. The Kier molecular flexibility index (Phi) is 5.15. The fraction of sp³-hybridized carbons (Fsp3) is 0.273. The summed E-state index contributed by atoms with van der Waals surface area (Å²) in [5.74, 6) is 0.630. The zero-order valence-corrected chi connectivity index (χ0v) is 17.6. The summed E-state index contributed by atoms with van der Waals surface area (Å²) in [6.45, 7) is 8.59. The number of rotatable bonds is 4. The molecule has 0 aliphatic heterocycles. The van der Waals surface area contributed by atoms with Gasteiger partial charge < -0.3 is 0 Å². The van der Waals surface area contributed by atoms with E-state index in [-0.39, 0.29) is 16.6 Å². The summed E-state index contributed by atoms with van der Waals surface area (Å²) in [6, 6.07) is 15.7. The highest BCUT2D eigenvalue weighted by Crippen LogP contribution is 2.35. The van der Waals surface area contributed by atoms with E-state index in [2.05, 4.69) is 61.9 Å². The second-order valence-electron chi connectivity index (χ2n) is 7.53. The Morgan fingerprint density at radius 3 is 1.81 bits per heavy atom. The second kappa shape index (κ2) is 7.06. The average Bonchev–Trinajstić information content (AvgIpc) is 2.64. The number of nitrogens with zero attached hydrogens (tertiary/aromatic N) is 2. The second-order valence-corrected chi connectivity index (χ2v) is 8.69. The van der Waals surface area contributed by atoms with Crippen LogP contribution in [0.3, 0.4) is 0 Å². The lowest BCUT2D eigenvalue weighted by Gasteiger charge is -2.28. The summed E-state index contributed by atoms with van der Waals surface area (Å²) in [6.07, 6.45) is 3.55. The Hall–Kier alpha value is -1.82. The highest BCUT2D eigenvalue weighted by molar-refractivity contribution is 14.1. The van der Waals surface area contributed by atoms with Crippen molar-refractivity contribution in [3.05, 3.63) is 92.8 Å². The lowest BCUT2D eigenvalue weighted by atomic mass is 9.76. The Morgan fingerprint density at radius 1 is 0.769 bits per heavy atom. The van der Waals surface area contributed by atoms with Crippen LogP contribution in [0.4, 0.5) is 4.39 Å². The third kappa shape index (κ3) is 3.52. The molecule has 0 aliphatic rings. The predicted molar refractivity (Wildman–Crippen MR) is 112 cm³/mol. The molecule has 0 N–H and O–H groups in total. The van der Waals surface area contributed by atoms with Crippen molar-refractivity contribution in [2.24, 2.45) is 0 Å². The summed E-state index contributed by atoms with van der Waals surface area (Å²) in [4.78, 5) is 8.83. The normalized spacial score (nSPS) is 12.2. The van der Waals surface area contributed by atoms with Gasteiger partial charge in [-0.05, 0) is 71.3 Å². The molecule has 0 aliphatic carbocycles. The maximum Gasteiger partial charge on any atom is 0.138 e. The standard InChI is InChI=1S/C22H22FIN2/c1-21(2,17-10-11-18(23)19(24)14-17)15-6-8-16(9-7-15)22(3,4)20-25-12-5-13-26-20/h5-14H,1-4H3. The van der Waals surface area contributed by atoms with Gasteiger partial charge in [0.1, 0.15) is 11.6 Å². The van der Waals surface area contributed by atoms with E-state index in [1.807, 2.05) is 40.8 Å². The summed E-state index contributed by atoms with van der Waals surface area (Å²) >= 11 is 2.04. The van der Waals surface area contributed by atoms with Crippen LogP contribution < -0.4 is 0 Å². The molecule has 1 aromatic heterocycles. The van der Waals surface area contributed by atoms with Crippen LogP contribution in [0.15, 0.2) is 60.9 Å². The molecular formula is C22H22FIN2. The number of benzene rings is 2. The molecular weight excluding hydrogens is 438 g/mol. The Balaban J connectivity index is 1.95. The van der Waals surface area contributed by atoms with Gasteiger partial charge in [-0.15, -0.1) is 0 Å². The molecule has 134 valence electrons. The number of hydrogen-bond acceptors (Lipinski definition) is 2. The van der Waals surface area contributed by atoms with Crippen LogP contribution in [-0.2, 0) is 10.8 Å². The number of hydrogen-bond donors (Lipinski definition) is 0. The molecule has 3 rings (SSSR count). The fourth-order valence-corrected chi connectivity index (χ4v) is 3.62. The largest absolute Gasteiger partial charge is 0.240 e. The summed E-state index contributed by atoms with van der Waals surface area (Å²) in [7, 11) is 0. The first-order valence-corrected chi connectivity index (χ1v) is 9.65. The molecule has 4 heteroatoms. The minimum atomic E-state index is -0.269. The lowest BCUT2D eigenvalue weighted by molar-refractivity contribution is 0.586. The van der Waals surface area contributed by atoms with Gasteiger partial charge in [-0.3, -0.25) is 0 Å². The topological polar surface area (TPSA) is 25.8 Å². The summed E-state index contributed by atoms with van der Waals surface area (Å²) in [5, 5.41) is 0. The minimum absolute atomic E-state index is 0.176. The molecule has 0 unspecified atom stereocenters. The third-order valence-electron chi connectivity index (χ3n) is 5.09. The van der Waals surface area contributed by atoms with Crippen molar-refractivity contribution >= 4 is 22.6 Å². The smallest absolute Gasteiger partial charge is 0.138 e. The zero-order chi connectivity index (χ0) is 18.9. The van der Waals surface area contributed by atoms with E-state index >= 15 is 0 Å². The third-order valence-corrected chi connectivity index (χ3v) is 5.92. The monoisotopic (exact) mass is 460 g/mol. The maximum atomic E-state index is 13.6. The van der Waals surface area contributed by atoms with Crippen LogP contribution in [0, 0.1) is 9.39 Å². The quantitative estimate of drug-likeness (QED) is 0.455. The van der Waals surface area contributed by atoms with Crippen LogP contribution in [0.2, 0.25) is 0 Å². The predicted octanol–water partition coefficient (Wildman–Crippen LogP) is 5.87. The van der Waals surface area contributed by atoms with E-state index in [0.29, 0.717) is 3.57 Å². The molecule has 2 aromatic carbocycles. The summed E-state index contributed by atoms with van der Waals surface area (Å²) < 4.78 is 14.3. The lowest BCUT2D eigenvalue weighted by Crippen LogP contribution is -2.23. The van der Waals surface area contributed by atoms with Gasteiger partial charge in [0, 0.05) is 26.8 Å². The minimum Gasteiger partial charge on any atom is -0.240 e. The van der Waals surface area contributed by atoms with Gasteiger partial charge in [0.2, 0.25) is 0 Å². The number of halogens is 2. The summed E-state index contributed by atoms with van der Waals surface area (Å²) in [5.41, 5.74) is 2.97. The molecule has 0 amide bonds. The molecule has 0 spiro atoms. The van der Waals surface area contributed by atoms with Crippen molar-refractivity contribution in [3.8, 4) is 0 Å². The molecule has 0 radical (unpaired) electrons. The molecule has 0 saturated heterocycles. The first kappa shape index (κ1) is 19.0. The van der Waals surface area contributed by atoms with Crippen LogP contribution >= 0.6 is 22.6 Å². The van der Waals surface area contributed by atoms with Crippen molar-refractivity contribution in [1.29, 1.82) is 0 Å². The molecule has 0 fully saturated rings. The van der Waals surface area contributed by atoms with Crippen LogP contribution in [0.25, 0.3) is 0 Å². The average molecular weight is 460 g/mol. The first-order chi connectivity index (χ1) is 12.2. The molecule has 2 nitrogen and oxygen atoms in total.